The third-order valence-electron chi connectivity index (χ3n) is 2.43. The van der Waals surface area contributed by atoms with Crippen molar-refractivity contribution in [1.29, 1.82) is 0 Å². The van der Waals surface area contributed by atoms with E-state index in [-0.39, 0.29) is 12.4 Å². The van der Waals surface area contributed by atoms with E-state index in [1.165, 1.54) is 6.54 Å². The van der Waals surface area contributed by atoms with Gasteiger partial charge in [-0.2, -0.15) is 0 Å². The maximum atomic E-state index is 5.21. The molecule has 1 unspecified atom stereocenters. The fourth-order valence-corrected chi connectivity index (χ4v) is 1.87. The molecule has 3 nitrogen and oxygen atoms in total. The smallest absolute Gasteiger partial charge is 0.0630 e. The molecule has 1 saturated heterocycles. The molecule has 1 fully saturated rings. The molecule has 0 aliphatic carbocycles. The summed E-state index contributed by atoms with van der Waals surface area (Å²) < 4.78 is 5.21. The Balaban J connectivity index is 0.00000169. The third-order valence-corrected chi connectivity index (χ3v) is 2.43. The predicted octanol–water partition coefficient (Wildman–Crippen LogP) is 0.984. The van der Waals surface area contributed by atoms with Crippen LogP contribution in [-0.2, 0) is 4.74 Å². The normalized spacial score (nSPS) is 23.6. The molecule has 1 heterocycles. The van der Waals surface area contributed by atoms with Crippen molar-refractivity contribution in [3.8, 4) is 0 Å². The van der Waals surface area contributed by atoms with Gasteiger partial charge in [0.05, 0.1) is 6.61 Å². The molecule has 14 heavy (non-hydrogen) atoms. The molecule has 0 amide bonds. The molecule has 0 aromatic heterocycles. The minimum Gasteiger partial charge on any atom is -0.383 e. The Labute approximate surface area is 93.6 Å². The molecular formula is C10H23ClN2O. The quantitative estimate of drug-likeness (QED) is 0.768. The topological polar surface area (TPSA) is 24.5 Å². The van der Waals surface area contributed by atoms with Gasteiger partial charge in [-0.15, -0.1) is 12.4 Å². The van der Waals surface area contributed by atoms with Gasteiger partial charge in [0.25, 0.3) is 0 Å². The predicted molar refractivity (Wildman–Crippen MR) is 62.2 cm³/mol. The van der Waals surface area contributed by atoms with E-state index in [9.17, 15) is 0 Å². The van der Waals surface area contributed by atoms with Gasteiger partial charge in [0.2, 0.25) is 0 Å². The summed E-state index contributed by atoms with van der Waals surface area (Å²) in [6.45, 7) is 9.92. The number of nitrogens with zero attached hydrogens (tertiary/aromatic N) is 1. The molecule has 0 aromatic rings. The minimum absolute atomic E-state index is 0. The van der Waals surface area contributed by atoms with Gasteiger partial charge >= 0.3 is 0 Å². The van der Waals surface area contributed by atoms with Crippen LogP contribution in [-0.4, -0.2) is 50.8 Å². The Hall–Kier alpha value is 0.170. The van der Waals surface area contributed by atoms with Crippen LogP contribution >= 0.6 is 12.4 Å². The number of rotatable bonds is 4. The molecule has 1 N–H and O–H groups in total. The summed E-state index contributed by atoms with van der Waals surface area (Å²) in [5.74, 6) is 0.748. The summed E-state index contributed by atoms with van der Waals surface area (Å²) in [5.41, 5.74) is 0. The van der Waals surface area contributed by atoms with Crippen LogP contribution in [0.3, 0.4) is 0 Å². The van der Waals surface area contributed by atoms with E-state index in [1.54, 1.807) is 7.11 Å². The van der Waals surface area contributed by atoms with Crippen molar-refractivity contribution in [1.82, 2.24) is 10.2 Å². The van der Waals surface area contributed by atoms with Gasteiger partial charge in [0, 0.05) is 39.3 Å². The fourth-order valence-electron chi connectivity index (χ4n) is 1.87. The highest BCUT2D eigenvalue weighted by Gasteiger charge is 2.21. The number of piperazine rings is 1. The number of halogens is 1. The van der Waals surface area contributed by atoms with Gasteiger partial charge in [-0.1, -0.05) is 13.8 Å². The lowest BCUT2D eigenvalue weighted by Crippen LogP contribution is -2.54. The van der Waals surface area contributed by atoms with Crippen molar-refractivity contribution < 1.29 is 4.74 Å². The minimum atomic E-state index is 0. The average Bonchev–Trinajstić information content (AvgIpc) is 2.08. The average molecular weight is 223 g/mol. The van der Waals surface area contributed by atoms with Crippen LogP contribution in [0.1, 0.15) is 13.8 Å². The van der Waals surface area contributed by atoms with Gasteiger partial charge in [0.15, 0.2) is 0 Å². The van der Waals surface area contributed by atoms with Crippen LogP contribution < -0.4 is 5.32 Å². The Bertz CT molecular complexity index is 142. The first-order valence-electron chi connectivity index (χ1n) is 5.17. The molecule has 1 aliphatic heterocycles. The van der Waals surface area contributed by atoms with Crippen LogP contribution in [0.4, 0.5) is 0 Å². The van der Waals surface area contributed by atoms with E-state index in [0.29, 0.717) is 6.04 Å². The van der Waals surface area contributed by atoms with Crippen molar-refractivity contribution in [2.24, 2.45) is 5.92 Å². The van der Waals surface area contributed by atoms with Crippen molar-refractivity contribution >= 4 is 12.4 Å². The lowest BCUT2D eigenvalue weighted by Gasteiger charge is -2.36. The van der Waals surface area contributed by atoms with E-state index < -0.39 is 0 Å². The van der Waals surface area contributed by atoms with E-state index in [4.69, 9.17) is 4.74 Å². The molecule has 1 atom stereocenters. The maximum absolute atomic E-state index is 5.21. The zero-order chi connectivity index (χ0) is 9.68. The first-order chi connectivity index (χ1) is 6.24. The van der Waals surface area contributed by atoms with Gasteiger partial charge in [-0.25, -0.2) is 0 Å². The summed E-state index contributed by atoms with van der Waals surface area (Å²) in [4.78, 5) is 2.53. The molecule has 0 radical (unpaired) electrons. The molecule has 0 bridgehead atoms. The second-order valence-electron chi connectivity index (χ2n) is 4.20. The third kappa shape index (κ3) is 4.60. The lowest BCUT2D eigenvalue weighted by molar-refractivity contribution is 0.0662. The highest BCUT2D eigenvalue weighted by Crippen LogP contribution is 2.07. The monoisotopic (exact) mass is 222 g/mol. The van der Waals surface area contributed by atoms with Crippen LogP contribution in [0.2, 0.25) is 0 Å². The number of hydrogen-bond donors (Lipinski definition) is 1. The zero-order valence-electron chi connectivity index (χ0n) is 9.45. The van der Waals surface area contributed by atoms with Crippen molar-refractivity contribution in [2.75, 3.05) is 39.9 Å². The maximum Gasteiger partial charge on any atom is 0.0630 e. The largest absolute Gasteiger partial charge is 0.383 e. The lowest BCUT2D eigenvalue weighted by atomic mass is 10.1. The first-order valence-corrected chi connectivity index (χ1v) is 5.17. The zero-order valence-corrected chi connectivity index (χ0v) is 10.3. The van der Waals surface area contributed by atoms with Gasteiger partial charge < -0.3 is 10.1 Å². The fraction of sp³-hybridized carbons (Fsp3) is 1.00. The van der Waals surface area contributed by atoms with Crippen LogP contribution in [0.5, 0.6) is 0 Å². The van der Waals surface area contributed by atoms with E-state index >= 15 is 0 Å². The highest BCUT2D eigenvalue weighted by atomic mass is 35.5. The van der Waals surface area contributed by atoms with E-state index in [0.717, 1.165) is 32.2 Å². The van der Waals surface area contributed by atoms with Crippen molar-refractivity contribution in [2.45, 2.75) is 19.9 Å². The summed E-state index contributed by atoms with van der Waals surface area (Å²) in [7, 11) is 1.78. The number of methoxy groups -OCH3 is 1. The highest BCUT2D eigenvalue weighted by molar-refractivity contribution is 5.85. The molecule has 0 aromatic carbocycles. The van der Waals surface area contributed by atoms with Gasteiger partial charge in [0.1, 0.15) is 0 Å². The molecule has 4 heteroatoms. The summed E-state index contributed by atoms with van der Waals surface area (Å²) in [5, 5.41) is 3.40. The number of nitrogens with one attached hydrogen (secondary N) is 1. The van der Waals surface area contributed by atoms with Crippen LogP contribution in [0.25, 0.3) is 0 Å². The molecule has 0 saturated carbocycles. The second-order valence-corrected chi connectivity index (χ2v) is 4.20. The number of ether oxygens (including phenoxy) is 1. The Kier molecular flexibility index (Phi) is 7.55. The second kappa shape index (κ2) is 7.46. The van der Waals surface area contributed by atoms with Gasteiger partial charge in [-0.3, -0.25) is 4.90 Å². The van der Waals surface area contributed by atoms with Crippen LogP contribution in [0.15, 0.2) is 0 Å². The molecule has 86 valence electrons. The molecule has 1 aliphatic rings. The molecular weight excluding hydrogens is 200 g/mol. The standard InChI is InChI=1S/C10H22N2O.ClH/c1-9(2)7-12-5-4-11-6-10(12)8-13-3;/h9-11H,4-8H2,1-3H3;1H. The van der Waals surface area contributed by atoms with Crippen molar-refractivity contribution in [3.63, 3.8) is 0 Å². The van der Waals surface area contributed by atoms with E-state index in [2.05, 4.69) is 24.1 Å². The summed E-state index contributed by atoms with van der Waals surface area (Å²) in [6.07, 6.45) is 0. The Morgan fingerprint density at radius 3 is 2.79 bits per heavy atom. The summed E-state index contributed by atoms with van der Waals surface area (Å²) in [6, 6.07) is 0.571. The first kappa shape index (κ1) is 14.2. The molecule has 0 spiro atoms. The van der Waals surface area contributed by atoms with Crippen molar-refractivity contribution in [3.05, 3.63) is 0 Å². The van der Waals surface area contributed by atoms with Gasteiger partial charge in [-0.05, 0) is 5.92 Å². The van der Waals surface area contributed by atoms with E-state index in [1.807, 2.05) is 0 Å². The SMILES string of the molecule is COCC1CNCCN1CC(C)C.Cl. The Morgan fingerprint density at radius 1 is 1.50 bits per heavy atom. The Morgan fingerprint density at radius 2 is 2.21 bits per heavy atom. The molecule has 1 rings (SSSR count). The number of hydrogen-bond acceptors (Lipinski definition) is 3. The van der Waals surface area contributed by atoms with Crippen LogP contribution in [0, 0.1) is 5.92 Å². The summed E-state index contributed by atoms with van der Waals surface area (Å²) >= 11 is 0.